The van der Waals surface area contributed by atoms with Gasteiger partial charge in [0, 0.05) is 11.6 Å². The molecule has 2 aromatic rings. The number of nitrogens with zero attached hydrogens (tertiary/aromatic N) is 1. The number of hydrogen-bond donors (Lipinski definition) is 1. The highest BCUT2D eigenvalue weighted by Gasteiger charge is 2.31. The molecule has 0 saturated carbocycles. The Bertz CT molecular complexity index is 775. The molecule has 1 amide bonds. The smallest absolute Gasteiger partial charge is 0.323 e. The summed E-state index contributed by atoms with van der Waals surface area (Å²) in [7, 11) is 0. The van der Waals surface area contributed by atoms with Crippen LogP contribution in [0, 0.1) is 0 Å². The molecule has 0 fully saturated rings. The number of hydrogen-bond acceptors (Lipinski definition) is 3. The van der Waals surface area contributed by atoms with Crippen LogP contribution in [-0.4, -0.2) is 35.0 Å². The maximum atomic E-state index is 13.0. The van der Waals surface area contributed by atoms with Gasteiger partial charge in [-0.15, -0.1) is 0 Å². The molecule has 1 atom stereocenters. The first kappa shape index (κ1) is 17.5. The van der Waals surface area contributed by atoms with Crippen LogP contribution in [0.15, 0.2) is 48.5 Å². The Morgan fingerprint density at radius 1 is 1.16 bits per heavy atom. The van der Waals surface area contributed by atoms with E-state index in [1.165, 1.54) is 4.90 Å². The van der Waals surface area contributed by atoms with Crippen molar-refractivity contribution in [3.63, 3.8) is 0 Å². The summed E-state index contributed by atoms with van der Waals surface area (Å²) in [5, 5.41) is 9.78. The van der Waals surface area contributed by atoms with Gasteiger partial charge in [0.2, 0.25) is 0 Å². The van der Waals surface area contributed by atoms with Crippen LogP contribution in [0.1, 0.15) is 22.8 Å². The summed E-state index contributed by atoms with van der Waals surface area (Å²) in [6, 6.07) is 14.6. The van der Waals surface area contributed by atoms with Gasteiger partial charge in [-0.05, 0) is 35.2 Å². The summed E-state index contributed by atoms with van der Waals surface area (Å²) in [5.41, 5.74) is 2.68. The Morgan fingerprint density at radius 2 is 1.88 bits per heavy atom. The van der Waals surface area contributed by atoms with E-state index in [1.54, 1.807) is 24.3 Å². The maximum absolute atomic E-state index is 13.0. The van der Waals surface area contributed by atoms with Crippen LogP contribution in [0.5, 0.6) is 0 Å². The van der Waals surface area contributed by atoms with E-state index in [0.717, 1.165) is 23.1 Å². The predicted octanol–water partition coefficient (Wildman–Crippen LogP) is 3.07. The number of amides is 1. The number of carbonyl (C=O) groups is 2. The van der Waals surface area contributed by atoms with Gasteiger partial charge < -0.3 is 14.7 Å². The van der Waals surface area contributed by atoms with Crippen molar-refractivity contribution >= 4 is 23.5 Å². The van der Waals surface area contributed by atoms with Crippen molar-refractivity contribution in [2.45, 2.75) is 19.1 Å². The molecule has 1 aliphatic rings. The molecule has 5 nitrogen and oxygen atoms in total. The summed E-state index contributed by atoms with van der Waals surface area (Å²) in [6.45, 7) is 0.239. The third-order valence-electron chi connectivity index (χ3n) is 4.14. The van der Waals surface area contributed by atoms with Crippen molar-refractivity contribution in [3.8, 4) is 0 Å². The van der Waals surface area contributed by atoms with Gasteiger partial charge in [0.1, 0.15) is 6.54 Å². The number of carboxylic acid groups (broad SMARTS) is 1. The second kappa shape index (κ2) is 7.68. The fourth-order valence-electron chi connectivity index (χ4n) is 2.95. The second-order valence-electron chi connectivity index (χ2n) is 5.91. The molecule has 130 valence electrons. The highest BCUT2D eigenvalue weighted by molar-refractivity contribution is 6.30. The van der Waals surface area contributed by atoms with Crippen molar-refractivity contribution in [2.24, 2.45) is 0 Å². The molecule has 0 radical (unpaired) electrons. The van der Waals surface area contributed by atoms with Crippen molar-refractivity contribution < 1.29 is 19.4 Å². The fraction of sp³-hybridized carbons (Fsp3) is 0.263. The van der Waals surface area contributed by atoms with Crippen LogP contribution in [0.25, 0.3) is 0 Å². The van der Waals surface area contributed by atoms with Gasteiger partial charge in [0.05, 0.1) is 6.61 Å². The standard InChI is InChI=1S/C19H18ClNO4/c20-15-7-5-13(6-8-15)11-21(12-17(22)23)19(24)18-16-4-2-1-3-14(16)9-10-25-18/h1-8,18H,9-12H2,(H,22,23). The number of rotatable bonds is 5. The number of carbonyl (C=O) groups excluding carboxylic acids is 1. The monoisotopic (exact) mass is 359 g/mol. The molecule has 0 aliphatic carbocycles. The van der Waals surface area contributed by atoms with Gasteiger partial charge in [-0.3, -0.25) is 9.59 Å². The average molecular weight is 360 g/mol. The number of fused-ring (bicyclic) bond motifs is 1. The van der Waals surface area contributed by atoms with E-state index >= 15 is 0 Å². The van der Waals surface area contributed by atoms with Gasteiger partial charge in [-0.1, -0.05) is 48.0 Å². The molecule has 1 N–H and O–H groups in total. The van der Waals surface area contributed by atoms with Gasteiger partial charge in [0.25, 0.3) is 5.91 Å². The SMILES string of the molecule is O=C(O)CN(Cc1ccc(Cl)cc1)C(=O)C1OCCc2ccccc21. The lowest BCUT2D eigenvalue weighted by Gasteiger charge is -2.30. The average Bonchev–Trinajstić information content (AvgIpc) is 2.61. The Kier molecular flexibility index (Phi) is 5.36. The number of aliphatic carboxylic acids is 1. The molecule has 25 heavy (non-hydrogen) atoms. The highest BCUT2D eigenvalue weighted by atomic mass is 35.5. The summed E-state index contributed by atoms with van der Waals surface area (Å²) in [4.78, 5) is 25.5. The minimum atomic E-state index is -1.06. The highest BCUT2D eigenvalue weighted by Crippen LogP contribution is 2.29. The molecule has 6 heteroatoms. The van der Waals surface area contributed by atoms with E-state index in [9.17, 15) is 14.7 Å². The van der Waals surface area contributed by atoms with Gasteiger partial charge in [-0.2, -0.15) is 0 Å². The quantitative estimate of drug-likeness (QED) is 0.891. The van der Waals surface area contributed by atoms with Gasteiger partial charge in [-0.25, -0.2) is 0 Å². The Labute approximate surface area is 150 Å². The molecule has 1 unspecified atom stereocenters. The molecule has 2 aromatic carbocycles. The lowest BCUT2D eigenvalue weighted by Crippen LogP contribution is -2.40. The molecular formula is C19H18ClNO4. The first-order valence-corrected chi connectivity index (χ1v) is 8.37. The molecule has 1 aliphatic heterocycles. The molecular weight excluding hydrogens is 342 g/mol. The number of benzene rings is 2. The van der Waals surface area contributed by atoms with Crippen LogP contribution in [0.3, 0.4) is 0 Å². The summed E-state index contributed by atoms with van der Waals surface area (Å²) in [6.07, 6.45) is -0.0209. The zero-order chi connectivity index (χ0) is 17.8. The first-order chi connectivity index (χ1) is 12.0. The third kappa shape index (κ3) is 4.18. The number of halogens is 1. The Morgan fingerprint density at radius 3 is 2.60 bits per heavy atom. The topological polar surface area (TPSA) is 66.8 Å². The molecule has 3 rings (SSSR count). The Hall–Kier alpha value is -2.37. The van der Waals surface area contributed by atoms with E-state index in [4.69, 9.17) is 16.3 Å². The normalized spacial score (nSPS) is 16.1. The van der Waals surface area contributed by atoms with Crippen LogP contribution < -0.4 is 0 Å². The summed E-state index contributed by atoms with van der Waals surface area (Å²) < 4.78 is 5.68. The maximum Gasteiger partial charge on any atom is 0.323 e. The van der Waals surface area contributed by atoms with Crippen LogP contribution in [0.4, 0.5) is 0 Å². The fourth-order valence-corrected chi connectivity index (χ4v) is 3.08. The van der Waals surface area contributed by atoms with E-state index in [0.29, 0.717) is 11.6 Å². The van der Waals surface area contributed by atoms with Crippen LogP contribution in [0.2, 0.25) is 5.02 Å². The largest absolute Gasteiger partial charge is 0.480 e. The Balaban J connectivity index is 1.84. The summed E-state index contributed by atoms with van der Waals surface area (Å²) in [5.74, 6) is -1.41. The molecule has 0 aromatic heterocycles. The molecule has 1 heterocycles. The second-order valence-corrected chi connectivity index (χ2v) is 6.35. The lowest BCUT2D eigenvalue weighted by molar-refractivity contribution is -0.152. The number of carboxylic acids is 1. The van der Waals surface area contributed by atoms with Crippen LogP contribution >= 0.6 is 11.6 Å². The first-order valence-electron chi connectivity index (χ1n) is 7.99. The van der Waals surface area contributed by atoms with Crippen LogP contribution in [-0.2, 0) is 27.3 Å². The van der Waals surface area contributed by atoms with Gasteiger partial charge in [0.15, 0.2) is 6.10 Å². The van der Waals surface area contributed by atoms with Crippen molar-refractivity contribution in [2.75, 3.05) is 13.2 Å². The van der Waals surface area contributed by atoms with Crippen molar-refractivity contribution in [1.29, 1.82) is 0 Å². The van der Waals surface area contributed by atoms with Crippen molar-refractivity contribution in [3.05, 3.63) is 70.2 Å². The van der Waals surface area contributed by atoms with E-state index in [-0.39, 0.29) is 19.0 Å². The zero-order valence-electron chi connectivity index (χ0n) is 13.5. The predicted molar refractivity (Wildman–Crippen MR) is 93.3 cm³/mol. The molecule has 0 spiro atoms. The lowest BCUT2D eigenvalue weighted by atomic mass is 9.96. The molecule has 0 bridgehead atoms. The van der Waals surface area contributed by atoms with E-state index < -0.39 is 12.1 Å². The molecule has 0 saturated heterocycles. The number of ether oxygens (including phenoxy) is 1. The van der Waals surface area contributed by atoms with Crippen molar-refractivity contribution in [1.82, 2.24) is 4.90 Å². The minimum Gasteiger partial charge on any atom is -0.480 e. The van der Waals surface area contributed by atoms with E-state index in [2.05, 4.69) is 0 Å². The van der Waals surface area contributed by atoms with E-state index in [1.807, 2.05) is 24.3 Å². The summed E-state index contributed by atoms with van der Waals surface area (Å²) >= 11 is 5.88. The minimum absolute atomic E-state index is 0.185. The third-order valence-corrected chi connectivity index (χ3v) is 4.39. The van der Waals surface area contributed by atoms with Gasteiger partial charge >= 0.3 is 5.97 Å². The zero-order valence-corrected chi connectivity index (χ0v) is 14.3.